The van der Waals surface area contributed by atoms with Crippen LogP contribution in [-0.2, 0) is 9.59 Å². The second-order valence-electron chi connectivity index (χ2n) is 3.45. The Kier molecular flexibility index (Phi) is 4.09. The minimum absolute atomic E-state index is 0.317. The third kappa shape index (κ3) is 3.67. The molecule has 0 radical (unpaired) electrons. The molecule has 0 amide bonds. The van der Waals surface area contributed by atoms with E-state index in [2.05, 4.69) is 0 Å². The Labute approximate surface area is 103 Å². The monoisotopic (exact) mass is 248 g/mol. The van der Waals surface area contributed by atoms with Crippen molar-refractivity contribution in [1.82, 2.24) is 0 Å². The number of benzene rings is 1. The molecule has 6 heteroatoms. The van der Waals surface area contributed by atoms with E-state index in [1.54, 1.807) is 0 Å². The molecule has 0 aliphatic heterocycles. The van der Waals surface area contributed by atoms with Crippen molar-refractivity contribution in [3.8, 4) is 0 Å². The minimum atomic E-state index is -1.10. The molecule has 0 aromatic heterocycles. The number of carbonyl (C=O) groups is 2. The molecule has 0 unspecified atom stereocenters. The van der Waals surface area contributed by atoms with Crippen molar-refractivity contribution in [1.29, 1.82) is 0 Å². The Morgan fingerprint density at radius 3 is 1.61 bits per heavy atom. The van der Waals surface area contributed by atoms with Crippen LogP contribution in [0.3, 0.4) is 0 Å². The second kappa shape index (κ2) is 5.53. The maximum atomic E-state index is 10.4. The van der Waals surface area contributed by atoms with Gasteiger partial charge in [-0.05, 0) is 35.4 Å². The van der Waals surface area contributed by atoms with Crippen LogP contribution < -0.4 is 11.5 Å². The van der Waals surface area contributed by atoms with Gasteiger partial charge in [-0.3, -0.25) is 0 Å². The number of carboxylic acid groups (broad SMARTS) is 2. The van der Waals surface area contributed by atoms with Gasteiger partial charge in [0.25, 0.3) is 0 Å². The van der Waals surface area contributed by atoms with E-state index in [0.29, 0.717) is 22.5 Å². The zero-order valence-electron chi connectivity index (χ0n) is 9.33. The number of anilines is 2. The number of nitrogen functional groups attached to an aromatic ring is 2. The Morgan fingerprint density at radius 2 is 1.28 bits per heavy atom. The Balaban J connectivity index is 3.17. The Hall–Kier alpha value is -2.76. The van der Waals surface area contributed by atoms with Gasteiger partial charge in [-0.1, -0.05) is 0 Å². The molecule has 1 aromatic rings. The van der Waals surface area contributed by atoms with E-state index in [-0.39, 0.29) is 0 Å². The predicted molar refractivity (Wildman–Crippen MR) is 68.6 cm³/mol. The molecule has 0 aliphatic rings. The van der Waals surface area contributed by atoms with Crippen molar-refractivity contribution in [3.05, 3.63) is 35.4 Å². The van der Waals surface area contributed by atoms with E-state index in [1.165, 1.54) is 24.3 Å². The molecule has 0 saturated heterocycles. The normalized spacial score (nSPS) is 11.1. The summed E-state index contributed by atoms with van der Waals surface area (Å²) in [5.41, 5.74) is 12.9. The van der Waals surface area contributed by atoms with E-state index in [0.717, 1.165) is 12.2 Å². The molecular formula is C12H12N2O4. The van der Waals surface area contributed by atoms with Crippen molar-refractivity contribution < 1.29 is 19.8 Å². The smallest absolute Gasteiger partial charge is 0.328 e. The zero-order chi connectivity index (χ0) is 13.7. The SMILES string of the molecule is Nc1cc(N)c(/C=C/C(=O)O)cc1/C=C/C(=O)O. The van der Waals surface area contributed by atoms with Crippen LogP contribution in [0.2, 0.25) is 0 Å². The molecule has 1 rings (SSSR count). The van der Waals surface area contributed by atoms with Crippen molar-refractivity contribution in [2.24, 2.45) is 0 Å². The summed E-state index contributed by atoms with van der Waals surface area (Å²) in [6.07, 6.45) is 4.50. The molecule has 0 saturated carbocycles. The fourth-order valence-electron chi connectivity index (χ4n) is 1.28. The van der Waals surface area contributed by atoms with Crippen LogP contribution in [-0.4, -0.2) is 22.2 Å². The summed E-state index contributed by atoms with van der Waals surface area (Å²) in [5, 5.41) is 17.0. The van der Waals surface area contributed by atoms with Crippen LogP contribution in [0.5, 0.6) is 0 Å². The lowest BCUT2D eigenvalue weighted by atomic mass is 10.1. The average molecular weight is 248 g/mol. The predicted octanol–water partition coefficient (Wildman–Crippen LogP) is 1.05. The van der Waals surface area contributed by atoms with Gasteiger partial charge in [0.05, 0.1) is 0 Å². The lowest BCUT2D eigenvalue weighted by molar-refractivity contribution is -0.132. The number of nitrogens with two attached hydrogens (primary N) is 2. The minimum Gasteiger partial charge on any atom is -0.478 e. The lowest BCUT2D eigenvalue weighted by Gasteiger charge is -2.06. The van der Waals surface area contributed by atoms with Crippen LogP contribution in [0.15, 0.2) is 24.3 Å². The first kappa shape index (κ1) is 13.3. The van der Waals surface area contributed by atoms with Crippen molar-refractivity contribution >= 4 is 35.5 Å². The van der Waals surface area contributed by atoms with Crippen molar-refractivity contribution in [2.75, 3.05) is 11.5 Å². The Morgan fingerprint density at radius 1 is 0.889 bits per heavy atom. The first-order valence-electron chi connectivity index (χ1n) is 4.91. The van der Waals surface area contributed by atoms with Crippen LogP contribution in [0.25, 0.3) is 12.2 Å². The van der Waals surface area contributed by atoms with Gasteiger partial charge in [-0.25, -0.2) is 9.59 Å². The molecule has 0 spiro atoms. The third-order valence-corrected chi connectivity index (χ3v) is 2.10. The van der Waals surface area contributed by atoms with E-state index in [9.17, 15) is 9.59 Å². The van der Waals surface area contributed by atoms with Gasteiger partial charge in [0.15, 0.2) is 0 Å². The van der Waals surface area contributed by atoms with E-state index in [4.69, 9.17) is 21.7 Å². The number of hydrogen-bond donors (Lipinski definition) is 4. The summed E-state index contributed by atoms with van der Waals surface area (Å²) in [7, 11) is 0. The lowest BCUT2D eigenvalue weighted by Crippen LogP contribution is -1.97. The molecule has 0 heterocycles. The number of carboxylic acids is 2. The van der Waals surface area contributed by atoms with Gasteiger partial charge in [0, 0.05) is 23.5 Å². The molecule has 1 aromatic carbocycles. The molecular weight excluding hydrogens is 236 g/mol. The summed E-state index contributed by atoms with van der Waals surface area (Å²) in [6, 6.07) is 2.96. The topological polar surface area (TPSA) is 127 Å². The molecule has 0 atom stereocenters. The van der Waals surface area contributed by atoms with E-state index < -0.39 is 11.9 Å². The summed E-state index contributed by atoms with van der Waals surface area (Å²) in [6.45, 7) is 0. The molecule has 0 aliphatic carbocycles. The summed E-state index contributed by atoms with van der Waals surface area (Å²) >= 11 is 0. The van der Waals surface area contributed by atoms with Gasteiger partial charge < -0.3 is 21.7 Å². The highest BCUT2D eigenvalue weighted by Crippen LogP contribution is 2.23. The Bertz CT molecular complexity index is 502. The standard InChI is InChI=1S/C12H12N2O4/c13-9-6-10(14)8(2-4-12(17)18)5-7(9)1-3-11(15)16/h1-6H,13-14H2,(H,15,16)(H,17,18)/b3-1+,4-2+. The highest BCUT2D eigenvalue weighted by atomic mass is 16.4. The molecule has 0 bridgehead atoms. The molecule has 6 N–H and O–H groups in total. The van der Waals surface area contributed by atoms with Crippen LogP contribution in [0.1, 0.15) is 11.1 Å². The summed E-state index contributed by atoms with van der Waals surface area (Å²) < 4.78 is 0. The molecule has 94 valence electrons. The van der Waals surface area contributed by atoms with E-state index >= 15 is 0 Å². The van der Waals surface area contributed by atoms with Gasteiger partial charge >= 0.3 is 11.9 Å². The highest BCUT2D eigenvalue weighted by molar-refractivity contribution is 5.90. The fraction of sp³-hybridized carbons (Fsp3) is 0. The van der Waals surface area contributed by atoms with Crippen LogP contribution >= 0.6 is 0 Å². The quantitative estimate of drug-likeness (QED) is 0.466. The highest BCUT2D eigenvalue weighted by Gasteiger charge is 2.03. The van der Waals surface area contributed by atoms with Gasteiger partial charge in [0.1, 0.15) is 0 Å². The van der Waals surface area contributed by atoms with Crippen molar-refractivity contribution in [2.45, 2.75) is 0 Å². The number of hydrogen-bond acceptors (Lipinski definition) is 4. The largest absolute Gasteiger partial charge is 0.478 e. The summed E-state index contributed by atoms with van der Waals surface area (Å²) in [4.78, 5) is 20.8. The van der Waals surface area contributed by atoms with Gasteiger partial charge in [-0.15, -0.1) is 0 Å². The maximum absolute atomic E-state index is 10.4. The molecule has 6 nitrogen and oxygen atoms in total. The van der Waals surface area contributed by atoms with Crippen LogP contribution in [0.4, 0.5) is 11.4 Å². The zero-order valence-corrected chi connectivity index (χ0v) is 9.33. The molecule has 0 fully saturated rings. The first-order valence-corrected chi connectivity index (χ1v) is 4.91. The number of aliphatic carboxylic acids is 2. The average Bonchev–Trinajstić information content (AvgIpc) is 2.26. The van der Waals surface area contributed by atoms with Crippen LogP contribution in [0, 0.1) is 0 Å². The number of rotatable bonds is 4. The van der Waals surface area contributed by atoms with Gasteiger partial charge in [0.2, 0.25) is 0 Å². The van der Waals surface area contributed by atoms with Crippen molar-refractivity contribution in [3.63, 3.8) is 0 Å². The first-order chi connectivity index (χ1) is 8.40. The summed E-state index contributed by atoms with van der Waals surface area (Å²) in [5.74, 6) is -2.21. The molecule has 18 heavy (non-hydrogen) atoms. The van der Waals surface area contributed by atoms with Gasteiger partial charge in [-0.2, -0.15) is 0 Å². The fourth-order valence-corrected chi connectivity index (χ4v) is 1.28. The second-order valence-corrected chi connectivity index (χ2v) is 3.45. The van der Waals surface area contributed by atoms with E-state index in [1.807, 2.05) is 0 Å². The third-order valence-electron chi connectivity index (χ3n) is 2.10. The maximum Gasteiger partial charge on any atom is 0.328 e.